The first-order chi connectivity index (χ1) is 13.2. The molecule has 1 aromatic carbocycles. The average molecular weight is 385 g/mol. The third kappa shape index (κ3) is 3.85. The number of ketones is 1. The molecule has 0 aliphatic carbocycles. The number of nitrogens with zero attached hydrogens (tertiary/aromatic N) is 3. The van der Waals surface area contributed by atoms with E-state index < -0.39 is 0 Å². The highest BCUT2D eigenvalue weighted by atomic mass is 32.2. The zero-order chi connectivity index (χ0) is 18.6. The first-order valence-electron chi connectivity index (χ1n) is 8.74. The van der Waals surface area contributed by atoms with Crippen LogP contribution < -0.4 is 9.47 Å². The predicted octanol–water partition coefficient (Wildman–Crippen LogP) is 3.23. The number of ether oxygens (including phenoxy) is 2. The minimum absolute atomic E-state index is 0.113. The van der Waals surface area contributed by atoms with Gasteiger partial charge in [0.05, 0.1) is 12.0 Å². The van der Waals surface area contributed by atoms with Gasteiger partial charge < -0.3 is 13.9 Å². The molecule has 4 rings (SSSR count). The second kappa shape index (κ2) is 7.87. The highest BCUT2D eigenvalue weighted by Gasteiger charge is 2.17. The molecular formula is C19H19N3O4S. The van der Waals surface area contributed by atoms with E-state index in [-0.39, 0.29) is 5.78 Å². The molecule has 140 valence electrons. The molecule has 7 nitrogen and oxygen atoms in total. The Morgan fingerprint density at radius 3 is 2.81 bits per heavy atom. The summed E-state index contributed by atoms with van der Waals surface area (Å²) in [4.78, 5) is 12.4. The molecule has 3 heterocycles. The Morgan fingerprint density at radius 2 is 2.04 bits per heavy atom. The SMILES string of the molecule is CCn1c(SCC(=O)Cc2ccc3c(c2)OCCO3)nnc1-c1ccco1. The molecule has 0 amide bonds. The Hall–Kier alpha value is -2.74. The Bertz CT molecular complexity index is 937. The van der Waals surface area contributed by atoms with Crippen LogP contribution in [0.15, 0.2) is 46.2 Å². The predicted molar refractivity (Wildman–Crippen MR) is 100 cm³/mol. The Kier molecular flexibility index (Phi) is 5.15. The van der Waals surface area contributed by atoms with E-state index in [1.165, 1.54) is 11.8 Å². The summed E-state index contributed by atoms with van der Waals surface area (Å²) < 4.78 is 18.4. The van der Waals surface area contributed by atoms with E-state index in [1.807, 2.05) is 41.8 Å². The molecule has 0 spiro atoms. The van der Waals surface area contributed by atoms with Crippen LogP contribution >= 0.6 is 11.8 Å². The van der Waals surface area contributed by atoms with Crippen molar-refractivity contribution in [3.05, 3.63) is 42.2 Å². The molecule has 1 aliphatic rings. The fourth-order valence-electron chi connectivity index (χ4n) is 2.89. The second-order valence-corrected chi connectivity index (χ2v) is 6.95. The summed E-state index contributed by atoms with van der Waals surface area (Å²) in [5, 5.41) is 9.11. The van der Waals surface area contributed by atoms with Crippen molar-refractivity contribution >= 4 is 17.5 Å². The van der Waals surface area contributed by atoms with Gasteiger partial charge in [0.2, 0.25) is 0 Å². The minimum atomic E-state index is 0.113. The quantitative estimate of drug-likeness (QED) is 0.578. The van der Waals surface area contributed by atoms with Crippen molar-refractivity contribution < 1.29 is 18.7 Å². The van der Waals surface area contributed by atoms with Crippen LogP contribution in [0.25, 0.3) is 11.6 Å². The van der Waals surface area contributed by atoms with E-state index in [0.29, 0.717) is 54.4 Å². The van der Waals surface area contributed by atoms with Crippen LogP contribution in [0.5, 0.6) is 11.5 Å². The van der Waals surface area contributed by atoms with Crippen LogP contribution in [-0.2, 0) is 17.8 Å². The zero-order valence-electron chi connectivity index (χ0n) is 14.9. The number of carbonyl (C=O) groups excluding carboxylic acids is 1. The van der Waals surface area contributed by atoms with E-state index in [1.54, 1.807) is 6.26 Å². The molecule has 2 aromatic heterocycles. The smallest absolute Gasteiger partial charge is 0.200 e. The van der Waals surface area contributed by atoms with Crippen molar-refractivity contribution in [2.45, 2.75) is 25.0 Å². The van der Waals surface area contributed by atoms with Gasteiger partial charge in [0, 0.05) is 13.0 Å². The average Bonchev–Trinajstić information content (AvgIpc) is 3.35. The molecule has 0 bridgehead atoms. The second-order valence-electron chi connectivity index (χ2n) is 6.01. The summed E-state index contributed by atoms with van der Waals surface area (Å²) >= 11 is 1.39. The highest BCUT2D eigenvalue weighted by Crippen LogP contribution is 2.31. The Labute approximate surface area is 160 Å². The minimum Gasteiger partial charge on any atom is -0.486 e. The highest BCUT2D eigenvalue weighted by molar-refractivity contribution is 7.99. The number of Topliss-reactive ketones (excluding diaryl/α,β-unsaturated/α-hetero) is 1. The first kappa shape index (κ1) is 17.7. The van der Waals surface area contributed by atoms with Crippen LogP contribution in [0.3, 0.4) is 0 Å². The monoisotopic (exact) mass is 385 g/mol. The molecule has 8 heteroatoms. The summed E-state index contributed by atoms with van der Waals surface area (Å²) in [6.07, 6.45) is 1.95. The van der Waals surface area contributed by atoms with Crippen molar-refractivity contribution in [3.8, 4) is 23.1 Å². The van der Waals surface area contributed by atoms with Gasteiger partial charge in [-0.25, -0.2) is 0 Å². The van der Waals surface area contributed by atoms with Gasteiger partial charge in [0.25, 0.3) is 0 Å². The number of benzene rings is 1. The number of rotatable bonds is 7. The molecule has 0 saturated heterocycles. The largest absolute Gasteiger partial charge is 0.486 e. The van der Waals surface area contributed by atoms with Gasteiger partial charge in [-0.15, -0.1) is 10.2 Å². The van der Waals surface area contributed by atoms with Gasteiger partial charge >= 0.3 is 0 Å². The molecule has 0 atom stereocenters. The molecule has 0 unspecified atom stereocenters. The molecule has 0 fully saturated rings. The van der Waals surface area contributed by atoms with Crippen LogP contribution in [-0.4, -0.2) is 39.5 Å². The number of hydrogen-bond donors (Lipinski definition) is 0. The number of aromatic nitrogens is 3. The number of furan rings is 1. The van der Waals surface area contributed by atoms with E-state index in [9.17, 15) is 4.79 Å². The van der Waals surface area contributed by atoms with Gasteiger partial charge in [-0.2, -0.15) is 0 Å². The van der Waals surface area contributed by atoms with E-state index in [0.717, 1.165) is 11.3 Å². The van der Waals surface area contributed by atoms with E-state index in [4.69, 9.17) is 13.9 Å². The maximum atomic E-state index is 12.4. The number of hydrogen-bond acceptors (Lipinski definition) is 7. The normalized spacial score (nSPS) is 12.9. The molecule has 0 radical (unpaired) electrons. The summed E-state index contributed by atoms with van der Waals surface area (Å²) in [5.74, 6) is 3.20. The fraction of sp³-hybridized carbons (Fsp3) is 0.316. The van der Waals surface area contributed by atoms with E-state index >= 15 is 0 Å². The summed E-state index contributed by atoms with van der Waals surface area (Å²) in [6, 6.07) is 9.29. The Balaban J connectivity index is 1.40. The van der Waals surface area contributed by atoms with Crippen molar-refractivity contribution in [1.29, 1.82) is 0 Å². The molecule has 3 aromatic rings. The molecule has 27 heavy (non-hydrogen) atoms. The van der Waals surface area contributed by atoms with Crippen LogP contribution in [0.1, 0.15) is 12.5 Å². The molecular weight excluding hydrogens is 366 g/mol. The lowest BCUT2D eigenvalue weighted by atomic mass is 10.1. The van der Waals surface area contributed by atoms with Gasteiger partial charge in [-0.1, -0.05) is 17.8 Å². The van der Waals surface area contributed by atoms with Gasteiger partial charge in [-0.05, 0) is 36.8 Å². The topological polar surface area (TPSA) is 79.4 Å². The summed E-state index contributed by atoms with van der Waals surface area (Å²) in [7, 11) is 0. The maximum absolute atomic E-state index is 12.4. The maximum Gasteiger partial charge on any atom is 0.200 e. The van der Waals surface area contributed by atoms with Crippen molar-refractivity contribution in [2.75, 3.05) is 19.0 Å². The van der Waals surface area contributed by atoms with Gasteiger partial charge in [0.1, 0.15) is 19.0 Å². The van der Waals surface area contributed by atoms with Crippen molar-refractivity contribution in [2.24, 2.45) is 0 Å². The fourth-order valence-corrected chi connectivity index (χ4v) is 3.75. The summed E-state index contributed by atoms with van der Waals surface area (Å²) in [6.45, 7) is 3.80. The van der Waals surface area contributed by atoms with Crippen molar-refractivity contribution in [3.63, 3.8) is 0 Å². The van der Waals surface area contributed by atoms with Gasteiger partial charge in [-0.3, -0.25) is 9.36 Å². The lowest BCUT2D eigenvalue weighted by molar-refractivity contribution is -0.116. The Morgan fingerprint density at radius 1 is 1.19 bits per heavy atom. The lowest BCUT2D eigenvalue weighted by Crippen LogP contribution is -2.15. The van der Waals surface area contributed by atoms with Crippen molar-refractivity contribution in [1.82, 2.24) is 14.8 Å². The van der Waals surface area contributed by atoms with Crippen LogP contribution in [0.4, 0.5) is 0 Å². The van der Waals surface area contributed by atoms with Gasteiger partial charge in [0.15, 0.2) is 28.2 Å². The van der Waals surface area contributed by atoms with Crippen LogP contribution in [0, 0.1) is 0 Å². The lowest BCUT2D eigenvalue weighted by Gasteiger charge is -2.18. The summed E-state index contributed by atoms with van der Waals surface area (Å²) in [5.41, 5.74) is 0.915. The number of thioether (sulfide) groups is 1. The zero-order valence-corrected chi connectivity index (χ0v) is 15.7. The molecule has 0 N–H and O–H groups in total. The third-order valence-electron chi connectivity index (χ3n) is 4.14. The number of fused-ring (bicyclic) bond motifs is 1. The van der Waals surface area contributed by atoms with Crippen LogP contribution in [0.2, 0.25) is 0 Å². The standard InChI is InChI=1S/C19H19N3O4S/c1-2-22-18(16-4-3-7-24-16)20-21-19(22)27-12-14(23)10-13-5-6-15-17(11-13)26-9-8-25-15/h3-7,11H,2,8-10,12H2,1H3. The van der Waals surface area contributed by atoms with E-state index in [2.05, 4.69) is 10.2 Å². The third-order valence-corrected chi connectivity index (χ3v) is 5.17. The molecule has 0 saturated carbocycles. The molecule has 1 aliphatic heterocycles. The first-order valence-corrected chi connectivity index (χ1v) is 9.73. The number of carbonyl (C=O) groups is 1.